The number of aryl methyl sites for hydroxylation is 1. The minimum Gasteiger partial charge on any atom is -0.494 e. The van der Waals surface area contributed by atoms with Gasteiger partial charge in [0, 0.05) is 10.9 Å². The SMILES string of the molecule is COc1ccc(-c2nc(Cl)c3cc(C)ccc3n2)cc1F. The predicted octanol–water partition coefficient (Wildman–Crippen LogP) is 4.41. The fourth-order valence-electron chi connectivity index (χ4n) is 2.14. The largest absolute Gasteiger partial charge is 0.494 e. The van der Waals surface area contributed by atoms with Crippen LogP contribution >= 0.6 is 11.6 Å². The van der Waals surface area contributed by atoms with Crippen LogP contribution in [-0.2, 0) is 0 Å². The van der Waals surface area contributed by atoms with Crippen molar-refractivity contribution in [3.8, 4) is 17.1 Å². The highest BCUT2D eigenvalue weighted by molar-refractivity contribution is 6.34. The van der Waals surface area contributed by atoms with Crippen molar-refractivity contribution in [2.45, 2.75) is 6.92 Å². The first-order chi connectivity index (χ1) is 10.1. The number of rotatable bonds is 2. The molecule has 106 valence electrons. The molecule has 0 amide bonds. The molecule has 0 spiro atoms. The molecule has 0 aliphatic heterocycles. The quantitative estimate of drug-likeness (QED) is 0.658. The molecule has 0 saturated carbocycles. The average Bonchev–Trinajstić information content (AvgIpc) is 2.47. The van der Waals surface area contributed by atoms with Gasteiger partial charge in [-0.1, -0.05) is 23.2 Å². The number of fused-ring (bicyclic) bond motifs is 1. The molecule has 0 N–H and O–H groups in total. The van der Waals surface area contributed by atoms with Gasteiger partial charge in [-0.2, -0.15) is 0 Å². The predicted molar refractivity (Wildman–Crippen MR) is 81.2 cm³/mol. The maximum atomic E-state index is 13.8. The number of hydrogen-bond acceptors (Lipinski definition) is 3. The van der Waals surface area contributed by atoms with Gasteiger partial charge in [-0.3, -0.25) is 0 Å². The zero-order valence-electron chi connectivity index (χ0n) is 11.5. The van der Waals surface area contributed by atoms with Crippen LogP contribution in [0.15, 0.2) is 36.4 Å². The molecule has 2 aromatic carbocycles. The first-order valence-electron chi connectivity index (χ1n) is 6.36. The van der Waals surface area contributed by atoms with E-state index in [1.165, 1.54) is 13.2 Å². The van der Waals surface area contributed by atoms with E-state index < -0.39 is 5.82 Å². The van der Waals surface area contributed by atoms with Crippen LogP contribution in [0, 0.1) is 12.7 Å². The second-order valence-corrected chi connectivity index (χ2v) is 5.07. The number of methoxy groups -OCH3 is 1. The maximum absolute atomic E-state index is 13.8. The van der Waals surface area contributed by atoms with Gasteiger partial charge in [0.05, 0.1) is 12.6 Å². The van der Waals surface area contributed by atoms with E-state index in [2.05, 4.69) is 9.97 Å². The van der Waals surface area contributed by atoms with Gasteiger partial charge in [0.1, 0.15) is 5.15 Å². The fourth-order valence-corrected chi connectivity index (χ4v) is 2.37. The summed E-state index contributed by atoms with van der Waals surface area (Å²) in [7, 11) is 1.42. The van der Waals surface area contributed by atoms with E-state index in [-0.39, 0.29) is 5.75 Å². The van der Waals surface area contributed by atoms with Crippen molar-refractivity contribution in [3.63, 3.8) is 0 Å². The molecular weight excluding hydrogens is 291 g/mol. The Bertz CT molecular complexity index is 836. The second kappa shape index (κ2) is 5.30. The van der Waals surface area contributed by atoms with Crippen molar-refractivity contribution in [1.29, 1.82) is 0 Å². The summed E-state index contributed by atoms with van der Waals surface area (Å²) in [6.07, 6.45) is 0. The standard InChI is InChI=1S/C16H12ClFN2O/c1-9-3-5-13-11(7-9)15(17)20-16(19-13)10-4-6-14(21-2)12(18)8-10/h3-8H,1-2H3. The van der Waals surface area contributed by atoms with E-state index >= 15 is 0 Å². The molecule has 3 rings (SSSR count). The van der Waals surface area contributed by atoms with Gasteiger partial charge in [-0.25, -0.2) is 14.4 Å². The summed E-state index contributed by atoms with van der Waals surface area (Å²) in [5.41, 5.74) is 2.36. The topological polar surface area (TPSA) is 35.0 Å². The first kappa shape index (κ1) is 13.8. The molecule has 0 unspecified atom stereocenters. The van der Waals surface area contributed by atoms with Crippen LogP contribution in [0.3, 0.4) is 0 Å². The van der Waals surface area contributed by atoms with Crippen molar-refractivity contribution >= 4 is 22.5 Å². The van der Waals surface area contributed by atoms with E-state index in [0.29, 0.717) is 16.5 Å². The summed E-state index contributed by atoms with van der Waals surface area (Å²) < 4.78 is 18.7. The van der Waals surface area contributed by atoms with E-state index in [1.54, 1.807) is 12.1 Å². The van der Waals surface area contributed by atoms with Crippen LogP contribution < -0.4 is 4.74 Å². The molecule has 0 aliphatic rings. The Hall–Kier alpha value is -2.20. The molecule has 3 nitrogen and oxygen atoms in total. The first-order valence-corrected chi connectivity index (χ1v) is 6.74. The lowest BCUT2D eigenvalue weighted by Crippen LogP contribution is -1.94. The second-order valence-electron chi connectivity index (χ2n) is 4.71. The molecule has 0 radical (unpaired) electrons. The minimum atomic E-state index is -0.460. The zero-order chi connectivity index (χ0) is 15.0. The number of hydrogen-bond donors (Lipinski definition) is 0. The van der Waals surface area contributed by atoms with E-state index in [9.17, 15) is 4.39 Å². The highest BCUT2D eigenvalue weighted by atomic mass is 35.5. The third kappa shape index (κ3) is 2.54. The number of nitrogens with zero attached hydrogens (tertiary/aromatic N) is 2. The summed E-state index contributed by atoms with van der Waals surface area (Å²) in [5.74, 6) is 0.109. The van der Waals surface area contributed by atoms with Crippen LogP contribution in [-0.4, -0.2) is 17.1 Å². The molecular formula is C16H12ClFN2O. The Morgan fingerprint density at radius 1 is 1.10 bits per heavy atom. The van der Waals surface area contributed by atoms with Crippen LogP contribution in [0.25, 0.3) is 22.3 Å². The Morgan fingerprint density at radius 2 is 1.90 bits per heavy atom. The summed E-state index contributed by atoms with van der Waals surface area (Å²) >= 11 is 6.21. The Morgan fingerprint density at radius 3 is 2.62 bits per heavy atom. The van der Waals surface area contributed by atoms with Gasteiger partial charge in [-0.15, -0.1) is 0 Å². The van der Waals surface area contributed by atoms with Crippen LogP contribution in [0.1, 0.15) is 5.56 Å². The van der Waals surface area contributed by atoms with Gasteiger partial charge < -0.3 is 4.74 Å². The lowest BCUT2D eigenvalue weighted by molar-refractivity contribution is 0.386. The molecule has 0 aliphatic carbocycles. The molecule has 3 aromatic rings. The molecule has 0 fully saturated rings. The van der Waals surface area contributed by atoms with Crippen molar-refractivity contribution in [2.75, 3.05) is 7.11 Å². The van der Waals surface area contributed by atoms with Crippen molar-refractivity contribution in [3.05, 3.63) is 52.9 Å². The smallest absolute Gasteiger partial charge is 0.165 e. The van der Waals surface area contributed by atoms with Crippen molar-refractivity contribution in [1.82, 2.24) is 9.97 Å². The molecule has 1 heterocycles. The highest BCUT2D eigenvalue weighted by Gasteiger charge is 2.11. The lowest BCUT2D eigenvalue weighted by Gasteiger charge is -2.07. The molecule has 0 atom stereocenters. The highest BCUT2D eigenvalue weighted by Crippen LogP contribution is 2.28. The normalized spacial score (nSPS) is 10.9. The molecule has 5 heteroatoms. The van der Waals surface area contributed by atoms with Gasteiger partial charge in [-0.05, 0) is 37.3 Å². The van der Waals surface area contributed by atoms with Crippen LogP contribution in [0.2, 0.25) is 5.15 Å². The lowest BCUT2D eigenvalue weighted by atomic mass is 10.1. The Balaban J connectivity index is 2.17. The Kier molecular flexibility index (Phi) is 3.47. The van der Waals surface area contributed by atoms with Gasteiger partial charge in [0.25, 0.3) is 0 Å². The molecule has 21 heavy (non-hydrogen) atoms. The van der Waals surface area contributed by atoms with Gasteiger partial charge >= 0.3 is 0 Å². The van der Waals surface area contributed by atoms with E-state index in [4.69, 9.17) is 16.3 Å². The third-order valence-corrected chi connectivity index (χ3v) is 3.50. The van der Waals surface area contributed by atoms with Crippen molar-refractivity contribution < 1.29 is 9.13 Å². The molecule has 0 bridgehead atoms. The summed E-state index contributed by atoms with van der Waals surface area (Å²) in [6, 6.07) is 10.3. The van der Waals surface area contributed by atoms with Crippen LogP contribution in [0.4, 0.5) is 4.39 Å². The summed E-state index contributed by atoms with van der Waals surface area (Å²) in [5, 5.41) is 1.14. The van der Waals surface area contributed by atoms with Crippen molar-refractivity contribution in [2.24, 2.45) is 0 Å². The third-order valence-electron chi connectivity index (χ3n) is 3.21. The number of benzene rings is 2. The van der Waals surface area contributed by atoms with E-state index in [1.807, 2.05) is 25.1 Å². The van der Waals surface area contributed by atoms with E-state index in [0.717, 1.165) is 16.5 Å². The fraction of sp³-hybridized carbons (Fsp3) is 0.125. The van der Waals surface area contributed by atoms with Gasteiger partial charge in [0.2, 0.25) is 0 Å². The number of aromatic nitrogens is 2. The number of ether oxygens (including phenoxy) is 1. The monoisotopic (exact) mass is 302 g/mol. The number of halogens is 2. The minimum absolute atomic E-state index is 0.182. The summed E-state index contributed by atoms with van der Waals surface area (Å²) in [4.78, 5) is 8.70. The zero-order valence-corrected chi connectivity index (χ0v) is 12.3. The maximum Gasteiger partial charge on any atom is 0.165 e. The Labute approximate surface area is 126 Å². The average molecular weight is 303 g/mol. The molecule has 0 saturated heterocycles. The van der Waals surface area contributed by atoms with Crippen LogP contribution in [0.5, 0.6) is 5.75 Å². The van der Waals surface area contributed by atoms with Gasteiger partial charge in [0.15, 0.2) is 17.4 Å². The molecule has 1 aromatic heterocycles. The summed E-state index contributed by atoms with van der Waals surface area (Å²) in [6.45, 7) is 1.97.